The fourth-order valence-electron chi connectivity index (χ4n) is 1.33. The molecule has 1 aromatic rings. The molecule has 0 aromatic carbocycles. The lowest BCUT2D eigenvalue weighted by molar-refractivity contribution is 0.577. The monoisotopic (exact) mass is 330 g/mol. The Balaban J connectivity index is 3.10. The van der Waals surface area contributed by atoms with Gasteiger partial charge in [-0.1, -0.05) is 0 Å². The maximum Gasteiger partial charge on any atom is 0.328 e. The second-order valence-corrected chi connectivity index (χ2v) is 8.66. The Hall–Kier alpha value is -1.13. The van der Waals surface area contributed by atoms with Gasteiger partial charge in [-0.15, -0.1) is 0 Å². The van der Waals surface area contributed by atoms with E-state index in [9.17, 15) is 26.4 Å². The highest BCUT2D eigenvalue weighted by atomic mass is 35.7. The molecule has 0 aliphatic rings. The molecule has 0 saturated heterocycles. The van der Waals surface area contributed by atoms with Crippen molar-refractivity contribution in [3.63, 3.8) is 0 Å². The van der Waals surface area contributed by atoms with Crippen LogP contribution in [0.1, 0.15) is 6.42 Å². The number of aromatic amines is 1. The minimum absolute atomic E-state index is 0.0535. The van der Waals surface area contributed by atoms with Gasteiger partial charge in [-0.25, -0.2) is 21.6 Å². The van der Waals surface area contributed by atoms with Crippen molar-refractivity contribution in [2.24, 2.45) is 0 Å². The smallest absolute Gasteiger partial charge is 0.299 e. The van der Waals surface area contributed by atoms with Crippen LogP contribution in [0.15, 0.2) is 20.7 Å². The molecule has 0 unspecified atom stereocenters. The summed E-state index contributed by atoms with van der Waals surface area (Å²) in [7, 11) is -2.43. The van der Waals surface area contributed by atoms with Gasteiger partial charge in [-0.3, -0.25) is 14.3 Å². The summed E-state index contributed by atoms with van der Waals surface area (Å²) in [6, 6.07) is 0. The van der Waals surface area contributed by atoms with Crippen molar-refractivity contribution >= 4 is 29.6 Å². The molecular weight excluding hydrogens is 320 g/mol. The highest BCUT2D eigenvalue weighted by Gasteiger charge is 2.17. The summed E-state index contributed by atoms with van der Waals surface area (Å²) in [6.45, 7) is -0.0535. The fourth-order valence-corrected chi connectivity index (χ4v) is 2.84. The normalized spacial score (nSPS) is 12.5. The van der Waals surface area contributed by atoms with E-state index >= 15 is 0 Å². The number of nitrogens with zero attached hydrogens (tertiary/aromatic N) is 1. The van der Waals surface area contributed by atoms with Gasteiger partial charge in [0.05, 0.1) is 5.75 Å². The predicted molar refractivity (Wildman–Crippen MR) is 68.7 cm³/mol. The van der Waals surface area contributed by atoms with Gasteiger partial charge in [-0.2, -0.15) is 0 Å². The number of hydrogen-bond donors (Lipinski definition) is 1. The molecule has 1 aromatic heterocycles. The molecule has 19 heavy (non-hydrogen) atoms. The lowest BCUT2D eigenvalue weighted by Crippen LogP contribution is -2.32. The van der Waals surface area contributed by atoms with Crippen LogP contribution < -0.4 is 11.2 Å². The predicted octanol–water partition coefficient (Wildman–Crippen LogP) is -1.10. The zero-order chi connectivity index (χ0) is 14.8. The van der Waals surface area contributed by atoms with Crippen LogP contribution in [0.2, 0.25) is 0 Å². The molecular formula is C8H11ClN2O6S2. The molecule has 0 bridgehead atoms. The highest BCUT2D eigenvalue weighted by Crippen LogP contribution is 2.07. The topological polar surface area (TPSA) is 123 Å². The van der Waals surface area contributed by atoms with Gasteiger partial charge in [-0.05, 0) is 6.42 Å². The third-order valence-corrected chi connectivity index (χ3v) is 4.50. The molecule has 11 heteroatoms. The van der Waals surface area contributed by atoms with Gasteiger partial charge < -0.3 is 0 Å². The van der Waals surface area contributed by atoms with Crippen LogP contribution in [0, 0.1) is 0 Å². The van der Waals surface area contributed by atoms with Crippen molar-refractivity contribution < 1.29 is 16.8 Å². The summed E-state index contributed by atoms with van der Waals surface area (Å²) in [5.74, 6) is -0.165. The van der Waals surface area contributed by atoms with E-state index in [0.717, 1.165) is 17.0 Å². The summed E-state index contributed by atoms with van der Waals surface area (Å²) in [4.78, 5) is 23.7. The molecule has 0 aliphatic carbocycles. The first kappa shape index (κ1) is 15.9. The number of nitrogens with one attached hydrogen (secondary N) is 1. The minimum Gasteiger partial charge on any atom is -0.299 e. The van der Waals surface area contributed by atoms with Crippen molar-refractivity contribution in [2.45, 2.75) is 17.9 Å². The number of H-pyrrole nitrogens is 1. The first-order chi connectivity index (χ1) is 8.50. The Morgan fingerprint density at radius 1 is 1.26 bits per heavy atom. The molecule has 1 heterocycles. The fraction of sp³-hybridized carbons (Fsp3) is 0.500. The zero-order valence-corrected chi connectivity index (χ0v) is 12.2. The van der Waals surface area contributed by atoms with E-state index < -0.39 is 35.0 Å². The average Bonchev–Trinajstić information content (AvgIpc) is 2.17. The summed E-state index contributed by atoms with van der Waals surface area (Å²) >= 11 is 0. The Morgan fingerprint density at radius 3 is 2.32 bits per heavy atom. The Labute approximate surface area is 113 Å². The van der Waals surface area contributed by atoms with E-state index in [1.54, 1.807) is 4.98 Å². The number of aromatic nitrogens is 2. The molecule has 0 fully saturated rings. The largest absolute Gasteiger partial charge is 0.328 e. The van der Waals surface area contributed by atoms with Crippen LogP contribution in [0.5, 0.6) is 0 Å². The second kappa shape index (κ2) is 5.47. The molecule has 108 valence electrons. The van der Waals surface area contributed by atoms with Gasteiger partial charge >= 0.3 is 5.69 Å². The molecule has 0 amide bonds. The zero-order valence-electron chi connectivity index (χ0n) is 9.79. The summed E-state index contributed by atoms with van der Waals surface area (Å²) < 4.78 is 44.9. The standard InChI is InChI=1S/C8H11ClN2O6S2/c1-18(14,15)4-2-3-11-5-6(19(9,16)17)7(12)10-8(11)13/h5H,2-4H2,1H3,(H,10,12,13). The third-order valence-electron chi connectivity index (χ3n) is 2.16. The lowest BCUT2D eigenvalue weighted by atomic mass is 10.4. The average molecular weight is 331 g/mol. The van der Waals surface area contributed by atoms with Crippen LogP contribution in [0.25, 0.3) is 0 Å². The van der Waals surface area contributed by atoms with E-state index in [1.165, 1.54) is 0 Å². The summed E-state index contributed by atoms with van der Waals surface area (Å²) in [5, 5.41) is 0. The number of rotatable bonds is 5. The van der Waals surface area contributed by atoms with Crippen molar-refractivity contribution in [1.29, 1.82) is 0 Å². The van der Waals surface area contributed by atoms with Gasteiger partial charge in [0, 0.05) is 29.7 Å². The Kier molecular flexibility index (Phi) is 4.59. The first-order valence-corrected chi connectivity index (χ1v) is 9.34. The van der Waals surface area contributed by atoms with Crippen LogP contribution in [-0.4, -0.2) is 38.4 Å². The summed E-state index contributed by atoms with van der Waals surface area (Å²) in [6.07, 6.45) is 1.94. The van der Waals surface area contributed by atoms with Gasteiger partial charge in [0.15, 0.2) is 4.90 Å². The van der Waals surface area contributed by atoms with Crippen molar-refractivity contribution in [3.05, 3.63) is 27.0 Å². The first-order valence-electron chi connectivity index (χ1n) is 4.97. The van der Waals surface area contributed by atoms with E-state index in [2.05, 4.69) is 0 Å². The molecule has 1 rings (SSSR count). The van der Waals surface area contributed by atoms with Crippen LogP contribution in [0.4, 0.5) is 0 Å². The molecule has 0 aliphatic heterocycles. The third kappa shape index (κ3) is 4.80. The quantitative estimate of drug-likeness (QED) is 0.683. The van der Waals surface area contributed by atoms with Crippen molar-refractivity contribution in [2.75, 3.05) is 12.0 Å². The van der Waals surface area contributed by atoms with Crippen LogP contribution in [0.3, 0.4) is 0 Å². The van der Waals surface area contributed by atoms with E-state index in [4.69, 9.17) is 10.7 Å². The highest BCUT2D eigenvalue weighted by molar-refractivity contribution is 8.13. The maximum atomic E-state index is 11.4. The summed E-state index contributed by atoms with van der Waals surface area (Å²) in [5.41, 5.74) is -1.94. The van der Waals surface area contributed by atoms with Gasteiger partial charge in [0.25, 0.3) is 14.6 Å². The molecule has 1 N–H and O–H groups in total. The van der Waals surface area contributed by atoms with E-state index in [1.807, 2.05) is 0 Å². The molecule has 0 spiro atoms. The second-order valence-electron chi connectivity index (χ2n) is 3.87. The van der Waals surface area contributed by atoms with Crippen LogP contribution in [-0.2, 0) is 25.4 Å². The SMILES string of the molecule is CS(=O)(=O)CCCn1cc(S(=O)(=O)Cl)c(=O)[nH]c1=O. The van der Waals surface area contributed by atoms with Crippen molar-refractivity contribution in [1.82, 2.24) is 9.55 Å². The number of sulfone groups is 1. The number of hydrogen-bond acceptors (Lipinski definition) is 6. The molecule has 0 atom stereocenters. The Morgan fingerprint density at radius 2 is 1.84 bits per heavy atom. The van der Waals surface area contributed by atoms with E-state index in [0.29, 0.717) is 0 Å². The maximum absolute atomic E-state index is 11.4. The minimum atomic E-state index is -4.28. The molecule has 8 nitrogen and oxygen atoms in total. The van der Waals surface area contributed by atoms with Gasteiger partial charge in [0.2, 0.25) is 0 Å². The number of aryl methyl sites for hydroxylation is 1. The van der Waals surface area contributed by atoms with E-state index in [-0.39, 0.29) is 18.7 Å². The Bertz CT molecular complexity index is 789. The number of halogens is 1. The van der Waals surface area contributed by atoms with Crippen molar-refractivity contribution in [3.8, 4) is 0 Å². The molecule has 0 saturated carbocycles. The van der Waals surface area contributed by atoms with Crippen LogP contribution >= 0.6 is 10.7 Å². The molecule has 0 radical (unpaired) electrons. The lowest BCUT2D eigenvalue weighted by Gasteiger charge is -2.05. The van der Waals surface area contributed by atoms with Gasteiger partial charge in [0.1, 0.15) is 9.84 Å².